The van der Waals surface area contributed by atoms with Crippen molar-refractivity contribution in [3.63, 3.8) is 0 Å². The summed E-state index contributed by atoms with van der Waals surface area (Å²) in [5.41, 5.74) is 18.2. The molecule has 0 amide bonds. The van der Waals surface area contributed by atoms with Gasteiger partial charge in [0.1, 0.15) is 11.2 Å². The van der Waals surface area contributed by atoms with Crippen LogP contribution in [-0.4, -0.2) is 15.0 Å². The number of hydrogen-bond acceptors (Lipinski definition) is 5. The molecule has 0 N–H and O–H groups in total. The van der Waals surface area contributed by atoms with Gasteiger partial charge in [-0.15, -0.1) is 11.3 Å². The lowest BCUT2D eigenvalue weighted by atomic mass is 9.67. The van der Waals surface area contributed by atoms with Crippen LogP contribution in [0.2, 0.25) is 0 Å². The zero-order valence-corrected chi connectivity index (χ0v) is 41.3. The Morgan fingerprint density at radius 1 is 0.307 bits per heavy atom. The SMILES string of the molecule is c1ccc(-c2ccccc2-c2nc(-c3cccc4oc5ccc(-c6cccc(-c7cccc8c7-c7ccccc7C8(c7ccccc7)c7ccccc7)c6)cc5c34)nc(-c3cccc4sc5ccccc5c34)n2)cc1. The van der Waals surface area contributed by atoms with Crippen LogP contribution in [0.1, 0.15) is 22.3 Å². The van der Waals surface area contributed by atoms with E-state index in [2.05, 4.69) is 243 Å². The molecule has 11 aromatic carbocycles. The highest BCUT2D eigenvalue weighted by atomic mass is 32.1. The van der Waals surface area contributed by atoms with Gasteiger partial charge in [-0.25, -0.2) is 15.0 Å². The van der Waals surface area contributed by atoms with Gasteiger partial charge in [-0.2, -0.15) is 0 Å². The predicted molar refractivity (Wildman–Crippen MR) is 310 cm³/mol. The van der Waals surface area contributed by atoms with Crippen LogP contribution in [0.4, 0.5) is 0 Å². The molecule has 1 aliphatic rings. The van der Waals surface area contributed by atoms with Crippen LogP contribution in [0.15, 0.2) is 265 Å². The number of hydrogen-bond donors (Lipinski definition) is 0. The van der Waals surface area contributed by atoms with E-state index in [1.54, 1.807) is 11.3 Å². The molecule has 0 radical (unpaired) electrons. The topological polar surface area (TPSA) is 51.8 Å². The third kappa shape index (κ3) is 6.79. The van der Waals surface area contributed by atoms with Crippen LogP contribution < -0.4 is 0 Å². The van der Waals surface area contributed by atoms with E-state index in [0.717, 1.165) is 71.8 Å². The van der Waals surface area contributed by atoms with Crippen molar-refractivity contribution in [1.82, 2.24) is 15.0 Å². The molecule has 0 atom stereocenters. The summed E-state index contributed by atoms with van der Waals surface area (Å²) in [6.45, 7) is 0. The van der Waals surface area contributed by atoms with Gasteiger partial charge >= 0.3 is 0 Å². The Bertz CT molecular complexity index is 4500. The van der Waals surface area contributed by atoms with Crippen LogP contribution in [0.5, 0.6) is 0 Å². The monoisotopic (exact) mass is 973 g/mol. The van der Waals surface area contributed by atoms with E-state index in [4.69, 9.17) is 19.4 Å². The van der Waals surface area contributed by atoms with E-state index < -0.39 is 5.41 Å². The van der Waals surface area contributed by atoms with Crippen LogP contribution in [0.25, 0.3) is 121 Å². The molecule has 0 spiro atoms. The fourth-order valence-electron chi connectivity index (χ4n) is 12.0. The van der Waals surface area contributed by atoms with E-state index in [-0.39, 0.29) is 0 Å². The molecule has 75 heavy (non-hydrogen) atoms. The molecule has 3 aromatic heterocycles. The van der Waals surface area contributed by atoms with Gasteiger partial charge in [0.15, 0.2) is 17.5 Å². The largest absolute Gasteiger partial charge is 0.456 e. The van der Waals surface area contributed by atoms with Crippen LogP contribution in [0, 0.1) is 0 Å². The first kappa shape index (κ1) is 43.1. The first-order valence-corrected chi connectivity index (χ1v) is 26.2. The third-order valence-electron chi connectivity index (χ3n) is 15.3. The van der Waals surface area contributed by atoms with E-state index >= 15 is 0 Å². The Morgan fingerprint density at radius 2 is 0.827 bits per heavy atom. The summed E-state index contributed by atoms with van der Waals surface area (Å²) in [4.78, 5) is 16.2. The highest BCUT2D eigenvalue weighted by molar-refractivity contribution is 7.25. The van der Waals surface area contributed by atoms with Gasteiger partial charge in [-0.05, 0) is 103 Å². The van der Waals surface area contributed by atoms with Crippen LogP contribution in [-0.2, 0) is 5.41 Å². The minimum absolute atomic E-state index is 0.482. The number of aromatic nitrogens is 3. The highest BCUT2D eigenvalue weighted by Crippen LogP contribution is 2.58. The summed E-state index contributed by atoms with van der Waals surface area (Å²) >= 11 is 1.79. The van der Waals surface area contributed by atoms with E-state index in [9.17, 15) is 0 Å². The number of thiophene rings is 1. The lowest BCUT2D eigenvalue weighted by Crippen LogP contribution is -2.28. The van der Waals surface area contributed by atoms with Gasteiger partial charge in [-0.3, -0.25) is 0 Å². The van der Waals surface area contributed by atoms with Crippen molar-refractivity contribution in [2.45, 2.75) is 5.41 Å². The number of rotatable bonds is 8. The molecule has 5 heteroatoms. The van der Waals surface area contributed by atoms with Crippen LogP contribution >= 0.6 is 11.3 Å². The summed E-state index contributed by atoms with van der Waals surface area (Å²) in [6, 6.07) is 93.5. The quantitative estimate of drug-likeness (QED) is 0.152. The minimum Gasteiger partial charge on any atom is -0.456 e. The highest BCUT2D eigenvalue weighted by Gasteiger charge is 2.46. The molecule has 0 saturated heterocycles. The van der Waals surface area contributed by atoms with Crippen molar-refractivity contribution in [3.8, 4) is 78.7 Å². The number of fused-ring (bicyclic) bond motifs is 9. The fraction of sp³-hybridized carbons (Fsp3) is 0.0143. The Labute approximate surface area is 437 Å². The lowest BCUT2D eigenvalue weighted by Gasteiger charge is -2.34. The van der Waals surface area contributed by atoms with E-state index in [1.807, 2.05) is 18.2 Å². The van der Waals surface area contributed by atoms with Gasteiger partial charge in [0, 0.05) is 47.6 Å². The summed E-state index contributed by atoms with van der Waals surface area (Å²) < 4.78 is 9.12. The molecule has 15 rings (SSSR count). The van der Waals surface area contributed by atoms with Gasteiger partial charge in [-0.1, -0.05) is 224 Å². The van der Waals surface area contributed by atoms with Crippen LogP contribution in [0.3, 0.4) is 0 Å². The average molecular weight is 974 g/mol. The summed E-state index contributed by atoms with van der Waals surface area (Å²) in [7, 11) is 0. The molecular weight excluding hydrogens is 931 g/mol. The Morgan fingerprint density at radius 3 is 1.60 bits per heavy atom. The van der Waals surface area contributed by atoms with E-state index in [1.165, 1.54) is 53.7 Å². The van der Waals surface area contributed by atoms with E-state index in [0.29, 0.717) is 17.5 Å². The Balaban J connectivity index is 0.903. The molecular formula is C70H43N3OS. The summed E-state index contributed by atoms with van der Waals surface area (Å²) in [5, 5.41) is 4.29. The van der Waals surface area contributed by atoms with Gasteiger partial charge < -0.3 is 4.42 Å². The molecule has 0 fully saturated rings. The molecule has 3 heterocycles. The van der Waals surface area contributed by atoms with Gasteiger partial charge in [0.2, 0.25) is 0 Å². The number of nitrogens with zero attached hydrogens (tertiary/aromatic N) is 3. The zero-order valence-electron chi connectivity index (χ0n) is 40.5. The second-order valence-corrected chi connectivity index (χ2v) is 20.4. The lowest BCUT2D eigenvalue weighted by molar-refractivity contribution is 0.669. The standard InChI is InChI=1S/C70H43N3OS/c1-4-20-44(21-5-1)50-28-10-11-29-52(50)67-71-68(73-69(72-67)56-34-19-39-63-66(56)54-31-13-15-38-62(54)75-63)55-33-18-37-61-65(55)57-43-46(40-41-60(57)74-61)45-22-16-23-47(42-45)51-32-17-36-59-64(51)53-30-12-14-35-58(53)70(59,48-24-6-2-7-25-48)49-26-8-3-9-27-49/h1-43H. The Kier molecular flexibility index (Phi) is 9.94. The second kappa shape index (κ2) is 17.3. The zero-order chi connectivity index (χ0) is 49.5. The third-order valence-corrected chi connectivity index (χ3v) is 16.4. The maximum Gasteiger partial charge on any atom is 0.164 e. The summed E-state index contributed by atoms with van der Waals surface area (Å²) in [6.07, 6.45) is 0. The van der Waals surface area contributed by atoms with Crippen molar-refractivity contribution in [1.29, 1.82) is 0 Å². The first-order chi connectivity index (χ1) is 37.2. The first-order valence-electron chi connectivity index (χ1n) is 25.4. The molecule has 350 valence electrons. The minimum atomic E-state index is -0.482. The van der Waals surface area contributed by atoms with Crippen molar-refractivity contribution < 1.29 is 4.42 Å². The van der Waals surface area contributed by atoms with Crippen molar-refractivity contribution in [2.24, 2.45) is 0 Å². The molecule has 0 unspecified atom stereocenters. The van der Waals surface area contributed by atoms with Crippen molar-refractivity contribution in [3.05, 3.63) is 283 Å². The van der Waals surface area contributed by atoms with Crippen molar-refractivity contribution in [2.75, 3.05) is 0 Å². The predicted octanol–water partition coefficient (Wildman–Crippen LogP) is 18.5. The maximum absolute atomic E-state index is 6.71. The molecule has 0 saturated carbocycles. The molecule has 0 aliphatic heterocycles. The maximum atomic E-state index is 6.71. The van der Waals surface area contributed by atoms with Gasteiger partial charge in [0.05, 0.1) is 5.41 Å². The second-order valence-electron chi connectivity index (χ2n) is 19.3. The normalized spacial score (nSPS) is 12.6. The molecule has 4 nitrogen and oxygen atoms in total. The molecule has 14 aromatic rings. The smallest absolute Gasteiger partial charge is 0.164 e. The fourth-order valence-corrected chi connectivity index (χ4v) is 13.2. The summed E-state index contributed by atoms with van der Waals surface area (Å²) in [5.74, 6) is 1.80. The number of furan rings is 1. The molecule has 0 bridgehead atoms. The number of benzene rings is 11. The average Bonchev–Trinajstić information content (AvgIpc) is 4.28. The Hall–Kier alpha value is -9.55. The van der Waals surface area contributed by atoms with Crippen molar-refractivity contribution >= 4 is 53.4 Å². The van der Waals surface area contributed by atoms with Gasteiger partial charge in [0.25, 0.3) is 0 Å². The molecule has 1 aliphatic carbocycles.